The van der Waals surface area contributed by atoms with Crippen LogP contribution in [0.1, 0.15) is 43.9 Å². The molecule has 0 radical (unpaired) electrons. The van der Waals surface area contributed by atoms with Crippen molar-refractivity contribution in [1.82, 2.24) is 10.2 Å². The number of carbonyl (C=O) groups excluding carboxylic acids is 2. The van der Waals surface area contributed by atoms with Crippen molar-refractivity contribution in [3.05, 3.63) is 71.0 Å². The smallest absolute Gasteiger partial charge is 0.242 e. The van der Waals surface area contributed by atoms with Gasteiger partial charge in [-0.3, -0.25) is 9.59 Å². The maximum atomic E-state index is 13.2. The van der Waals surface area contributed by atoms with Gasteiger partial charge in [-0.05, 0) is 57.4 Å². The van der Waals surface area contributed by atoms with Gasteiger partial charge in [0.15, 0.2) is 0 Å². The van der Waals surface area contributed by atoms with E-state index in [4.69, 9.17) is 0 Å². The van der Waals surface area contributed by atoms with Crippen molar-refractivity contribution in [1.29, 1.82) is 0 Å². The van der Waals surface area contributed by atoms with Gasteiger partial charge in [-0.15, -0.1) is 0 Å². The molecule has 0 aliphatic rings. The molecule has 0 saturated heterocycles. The fraction of sp³-hybridized carbons (Fsp3) is 0.391. The third kappa shape index (κ3) is 6.48. The zero-order valence-electron chi connectivity index (χ0n) is 17.0. The fourth-order valence-electron chi connectivity index (χ4n) is 2.92. The number of benzene rings is 2. The molecule has 150 valence electrons. The van der Waals surface area contributed by atoms with Gasteiger partial charge in [0.1, 0.15) is 11.9 Å². The second kappa shape index (κ2) is 10.0. The Bertz CT molecular complexity index is 785. The third-order valence-electron chi connectivity index (χ3n) is 4.61. The number of carbonyl (C=O) groups is 2. The molecule has 1 N–H and O–H groups in total. The molecule has 0 aliphatic carbocycles. The second-order valence-electron chi connectivity index (χ2n) is 7.47. The van der Waals surface area contributed by atoms with Crippen LogP contribution in [-0.2, 0) is 22.6 Å². The summed E-state index contributed by atoms with van der Waals surface area (Å²) in [6.45, 7) is 7.78. The highest BCUT2D eigenvalue weighted by Crippen LogP contribution is 2.14. The maximum Gasteiger partial charge on any atom is 0.242 e. The normalized spacial score (nSPS) is 11.9. The van der Waals surface area contributed by atoms with Gasteiger partial charge in [0, 0.05) is 19.0 Å². The molecule has 2 amide bonds. The summed E-state index contributed by atoms with van der Waals surface area (Å²) < 4.78 is 13.2. The molecule has 2 rings (SSSR count). The fourth-order valence-corrected chi connectivity index (χ4v) is 2.92. The molecule has 4 nitrogen and oxygen atoms in total. The largest absolute Gasteiger partial charge is 0.352 e. The van der Waals surface area contributed by atoms with Crippen molar-refractivity contribution in [2.45, 2.75) is 59.2 Å². The summed E-state index contributed by atoms with van der Waals surface area (Å²) in [6, 6.07) is 13.5. The Morgan fingerprint density at radius 2 is 1.54 bits per heavy atom. The first-order chi connectivity index (χ1) is 13.3. The quantitative estimate of drug-likeness (QED) is 0.748. The molecule has 0 bridgehead atoms. The number of hydrogen-bond acceptors (Lipinski definition) is 2. The molecular weight excluding hydrogens is 355 g/mol. The molecule has 0 saturated carbocycles. The number of rotatable bonds is 8. The summed E-state index contributed by atoms with van der Waals surface area (Å²) >= 11 is 0. The van der Waals surface area contributed by atoms with Crippen LogP contribution < -0.4 is 5.32 Å². The lowest BCUT2D eigenvalue weighted by atomic mass is 10.1. The van der Waals surface area contributed by atoms with E-state index in [0.717, 1.165) is 11.1 Å². The molecule has 1 atom stereocenters. The number of nitrogens with zero attached hydrogens (tertiary/aromatic N) is 1. The summed E-state index contributed by atoms with van der Waals surface area (Å²) in [7, 11) is 0. The Hall–Kier alpha value is -2.69. The van der Waals surface area contributed by atoms with Crippen molar-refractivity contribution < 1.29 is 14.0 Å². The SMILES string of the molecule is Cc1ccc(CCC(=O)N(Cc2ccc(F)cc2)[C@@H](C)C(=O)NC(C)C)cc1. The average Bonchev–Trinajstić information content (AvgIpc) is 2.65. The van der Waals surface area contributed by atoms with Crippen LogP contribution in [0, 0.1) is 12.7 Å². The van der Waals surface area contributed by atoms with Crippen LogP contribution in [0.2, 0.25) is 0 Å². The maximum absolute atomic E-state index is 13.2. The molecule has 2 aromatic carbocycles. The van der Waals surface area contributed by atoms with Crippen LogP contribution in [-0.4, -0.2) is 28.8 Å². The molecule has 0 aromatic heterocycles. The van der Waals surface area contributed by atoms with Crippen molar-refractivity contribution in [2.24, 2.45) is 0 Å². The molecule has 0 heterocycles. The topological polar surface area (TPSA) is 49.4 Å². The molecule has 0 fully saturated rings. The van der Waals surface area contributed by atoms with Crippen LogP contribution in [0.25, 0.3) is 0 Å². The first-order valence-corrected chi connectivity index (χ1v) is 9.66. The van der Waals surface area contributed by atoms with E-state index in [0.29, 0.717) is 12.8 Å². The highest BCUT2D eigenvalue weighted by molar-refractivity contribution is 5.87. The van der Waals surface area contributed by atoms with Crippen LogP contribution in [0.4, 0.5) is 4.39 Å². The number of aryl methyl sites for hydroxylation is 2. The Kier molecular flexibility index (Phi) is 7.73. The summed E-state index contributed by atoms with van der Waals surface area (Å²) in [6.07, 6.45) is 0.918. The molecule has 5 heteroatoms. The Balaban J connectivity index is 2.12. The van der Waals surface area contributed by atoms with Gasteiger partial charge in [-0.25, -0.2) is 4.39 Å². The Morgan fingerprint density at radius 3 is 2.11 bits per heavy atom. The van der Waals surface area contributed by atoms with Crippen molar-refractivity contribution >= 4 is 11.8 Å². The molecule has 0 unspecified atom stereocenters. The summed E-state index contributed by atoms with van der Waals surface area (Å²) in [4.78, 5) is 27.0. The van der Waals surface area contributed by atoms with Gasteiger partial charge in [-0.2, -0.15) is 0 Å². The van der Waals surface area contributed by atoms with Crippen molar-refractivity contribution in [3.8, 4) is 0 Å². The van der Waals surface area contributed by atoms with Gasteiger partial charge in [0.2, 0.25) is 11.8 Å². The van der Waals surface area contributed by atoms with Gasteiger partial charge >= 0.3 is 0 Å². The Morgan fingerprint density at radius 1 is 0.964 bits per heavy atom. The van der Waals surface area contributed by atoms with Gasteiger partial charge in [0.25, 0.3) is 0 Å². The Labute approximate surface area is 166 Å². The van der Waals surface area contributed by atoms with Gasteiger partial charge in [0.05, 0.1) is 0 Å². The number of amides is 2. The summed E-state index contributed by atoms with van der Waals surface area (Å²) in [5.74, 6) is -0.622. The van der Waals surface area contributed by atoms with E-state index in [1.165, 1.54) is 17.7 Å². The highest BCUT2D eigenvalue weighted by Gasteiger charge is 2.26. The lowest BCUT2D eigenvalue weighted by Gasteiger charge is -2.29. The summed E-state index contributed by atoms with van der Waals surface area (Å²) in [5, 5.41) is 2.86. The second-order valence-corrected chi connectivity index (χ2v) is 7.47. The number of halogens is 1. The van der Waals surface area contributed by atoms with Crippen molar-refractivity contribution in [2.75, 3.05) is 0 Å². The van der Waals surface area contributed by atoms with E-state index >= 15 is 0 Å². The van der Waals surface area contributed by atoms with Crippen LogP contribution in [0.5, 0.6) is 0 Å². The van der Waals surface area contributed by atoms with Gasteiger partial charge < -0.3 is 10.2 Å². The molecule has 0 aliphatic heterocycles. The predicted octanol–water partition coefficient (Wildman–Crippen LogP) is 4.01. The third-order valence-corrected chi connectivity index (χ3v) is 4.61. The first-order valence-electron chi connectivity index (χ1n) is 9.66. The molecule has 2 aromatic rings. The zero-order chi connectivity index (χ0) is 20.7. The van der Waals surface area contributed by atoms with Crippen LogP contribution in [0.3, 0.4) is 0 Å². The van der Waals surface area contributed by atoms with Crippen LogP contribution in [0.15, 0.2) is 48.5 Å². The predicted molar refractivity (Wildman–Crippen MR) is 109 cm³/mol. The lowest BCUT2D eigenvalue weighted by molar-refractivity contribution is -0.140. The molecular formula is C23H29FN2O2. The van der Waals surface area contributed by atoms with E-state index in [1.54, 1.807) is 24.0 Å². The van der Waals surface area contributed by atoms with E-state index in [9.17, 15) is 14.0 Å². The van der Waals surface area contributed by atoms with E-state index in [-0.39, 0.29) is 30.2 Å². The lowest BCUT2D eigenvalue weighted by Crippen LogP contribution is -2.49. The minimum Gasteiger partial charge on any atom is -0.352 e. The van der Waals surface area contributed by atoms with Crippen molar-refractivity contribution in [3.63, 3.8) is 0 Å². The van der Waals surface area contributed by atoms with Gasteiger partial charge in [-0.1, -0.05) is 42.0 Å². The zero-order valence-corrected chi connectivity index (χ0v) is 17.0. The highest BCUT2D eigenvalue weighted by atomic mass is 19.1. The number of nitrogens with one attached hydrogen (secondary N) is 1. The van der Waals surface area contributed by atoms with E-state index < -0.39 is 6.04 Å². The minimum atomic E-state index is -0.613. The van der Waals surface area contributed by atoms with Crippen LogP contribution >= 0.6 is 0 Å². The molecule has 0 spiro atoms. The molecule has 28 heavy (non-hydrogen) atoms. The summed E-state index contributed by atoms with van der Waals surface area (Å²) in [5.41, 5.74) is 3.04. The standard InChI is InChI=1S/C23H29FN2O2/c1-16(2)25-23(28)18(4)26(15-20-9-12-21(24)13-10-20)22(27)14-11-19-7-5-17(3)6-8-19/h5-10,12-13,16,18H,11,14-15H2,1-4H3,(H,25,28)/t18-/m0/s1. The van der Waals surface area contributed by atoms with E-state index in [1.807, 2.05) is 45.0 Å². The average molecular weight is 384 g/mol. The minimum absolute atomic E-state index is 0.00900. The first kappa shape index (κ1) is 21.6. The number of hydrogen-bond donors (Lipinski definition) is 1. The van der Waals surface area contributed by atoms with E-state index in [2.05, 4.69) is 5.32 Å². The monoisotopic (exact) mass is 384 g/mol.